The molecule has 0 saturated carbocycles. The Morgan fingerprint density at radius 1 is 1.33 bits per heavy atom. The first-order valence-electron chi connectivity index (χ1n) is 8.52. The summed E-state index contributed by atoms with van der Waals surface area (Å²) < 4.78 is 39.7. The molecule has 0 spiro atoms. The van der Waals surface area contributed by atoms with E-state index in [9.17, 15) is 23.1 Å². The molecule has 2 atom stereocenters. The van der Waals surface area contributed by atoms with Crippen LogP contribution >= 0.6 is 0 Å². The number of aliphatic hydroxyl groups excluding tert-OH is 1. The molecule has 1 aromatic rings. The van der Waals surface area contributed by atoms with Crippen molar-refractivity contribution in [3.63, 3.8) is 0 Å². The lowest BCUT2D eigenvalue weighted by molar-refractivity contribution is -0.148. The molecular formula is C16H22F3N5O3. The number of rotatable bonds is 5. The molecule has 0 amide bonds. The van der Waals surface area contributed by atoms with Crippen LogP contribution in [0.4, 0.5) is 24.9 Å². The lowest BCUT2D eigenvalue weighted by atomic mass is 9.81. The zero-order valence-electron chi connectivity index (χ0n) is 15.1. The summed E-state index contributed by atoms with van der Waals surface area (Å²) in [6.45, 7) is 1.38. The third kappa shape index (κ3) is 3.53. The lowest BCUT2D eigenvalue weighted by Crippen LogP contribution is -2.41. The van der Waals surface area contributed by atoms with Gasteiger partial charge in [-0.3, -0.25) is 9.69 Å². The van der Waals surface area contributed by atoms with Gasteiger partial charge in [-0.15, -0.1) is 0 Å². The number of aromatic nitrogens is 2. The van der Waals surface area contributed by atoms with Gasteiger partial charge in [0.05, 0.1) is 6.61 Å². The van der Waals surface area contributed by atoms with Crippen LogP contribution in [-0.2, 0) is 11.0 Å². The highest BCUT2D eigenvalue weighted by molar-refractivity contribution is 5.78. The molecule has 0 unspecified atom stereocenters. The van der Waals surface area contributed by atoms with Gasteiger partial charge in [-0.2, -0.15) is 18.2 Å². The number of halogens is 3. The van der Waals surface area contributed by atoms with E-state index in [1.54, 1.807) is 19.0 Å². The van der Waals surface area contributed by atoms with E-state index in [1.165, 1.54) is 4.90 Å². The number of carboxylic acid groups (broad SMARTS) is 1. The van der Waals surface area contributed by atoms with Crippen molar-refractivity contribution in [2.75, 3.05) is 63.2 Å². The Hall–Kier alpha value is -2.14. The van der Waals surface area contributed by atoms with E-state index >= 15 is 0 Å². The predicted molar refractivity (Wildman–Crippen MR) is 90.7 cm³/mol. The number of aliphatic carboxylic acids is 1. The minimum absolute atomic E-state index is 0.0656. The van der Waals surface area contributed by atoms with Crippen molar-refractivity contribution in [2.45, 2.75) is 6.18 Å². The molecule has 1 aromatic heterocycles. The van der Waals surface area contributed by atoms with Crippen LogP contribution in [0, 0.1) is 11.3 Å². The summed E-state index contributed by atoms with van der Waals surface area (Å²) in [6.07, 6.45) is -4.62. The van der Waals surface area contributed by atoms with Crippen molar-refractivity contribution in [1.29, 1.82) is 0 Å². The smallest absolute Gasteiger partial charge is 0.433 e. The number of carbonyl (C=O) groups is 1. The first-order chi connectivity index (χ1) is 12.6. The minimum atomic E-state index is -4.62. The van der Waals surface area contributed by atoms with Crippen LogP contribution in [0.5, 0.6) is 0 Å². The molecular weight excluding hydrogens is 367 g/mol. The summed E-state index contributed by atoms with van der Waals surface area (Å²) in [7, 11) is 3.09. The van der Waals surface area contributed by atoms with Crippen LogP contribution in [0.15, 0.2) is 6.07 Å². The second-order valence-electron chi connectivity index (χ2n) is 7.30. The summed E-state index contributed by atoms with van der Waals surface area (Å²) in [6, 6.07) is 0.870. The van der Waals surface area contributed by atoms with Crippen molar-refractivity contribution in [2.24, 2.45) is 11.3 Å². The van der Waals surface area contributed by atoms with Crippen molar-refractivity contribution in [3.05, 3.63) is 11.8 Å². The van der Waals surface area contributed by atoms with Gasteiger partial charge in [0.1, 0.15) is 11.2 Å². The quantitative estimate of drug-likeness (QED) is 0.747. The first-order valence-corrected chi connectivity index (χ1v) is 8.52. The van der Waals surface area contributed by atoms with Gasteiger partial charge in [-0.05, 0) is 0 Å². The van der Waals surface area contributed by atoms with Gasteiger partial charge in [0.25, 0.3) is 0 Å². The zero-order chi connectivity index (χ0) is 20.0. The second-order valence-corrected chi connectivity index (χ2v) is 7.30. The summed E-state index contributed by atoms with van der Waals surface area (Å²) in [5.41, 5.74) is -2.14. The molecule has 2 N–H and O–H groups in total. The molecule has 27 heavy (non-hydrogen) atoms. The number of nitrogens with zero attached hydrogens (tertiary/aromatic N) is 5. The number of fused-ring (bicyclic) bond motifs is 1. The van der Waals surface area contributed by atoms with E-state index in [2.05, 4.69) is 9.97 Å². The Morgan fingerprint density at radius 2 is 2.04 bits per heavy atom. The summed E-state index contributed by atoms with van der Waals surface area (Å²) in [4.78, 5) is 24.6. The SMILES string of the molecule is CN(C)c1nc(N2C[C@H]3CN(CCO)C[C@@]3(C(=O)O)C2)cc(C(F)(F)F)n1. The van der Waals surface area contributed by atoms with E-state index in [-0.39, 0.29) is 43.9 Å². The monoisotopic (exact) mass is 389 g/mol. The van der Waals surface area contributed by atoms with Crippen LogP contribution in [0.25, 0.3) is 0 Å². The van der Waals surface area contributed by atoms with E-state index < -0.39 is 23.3 Å². The number of alkyl halides is 3. The number of hydrogen-bond acceptors (Lipinski definition) is 7. The summed E-state index contributed by atoms with van der Waals surface area (Å²) in [5.74, 6) is -1.24. The van der Waals surface area contributed by atoms with Gasteiger partial charge in [0, 0.05) is 58.8 Å². The molecule has 0 aromatic carbocycles. The van der Waals surface area contributed by atoms with Gasteiger partial charge in [0.15, 0.2) is 5.69 Å². The maximum atomic E-state index is 13.2. The topological polar surface area (TPSA) is 93.0 Å². The van der Waals surface area contributed by atoms with Crippen LogP contribution < -0.4 is 9.80 Å². The average Bonchev–Trinajstić information content (AvgIpc) is 3.09. The average molecular weight is 389 g/mol. The molecule has 8 nitrogen and oxygen atoms in total. The van der Waals surface area contributed by atoms with Crippen LogP contribution in [0.3, 0.4) is 0 Å². The molecule has 150 valence electrons. The summed E-state index contributed by atoms with van der Waals surface area (Å²) in [5, 5.41) is 18.9. The van der Waals surface area contributed by atoms with E-state index in [0.29, 0.717) is 13.1 Å². The fourth-order valence-corrected chi connectivity index (χ4v) is 3.89. The minimum Gasteiger partial charge on any atom is -0.481 e. The largest absolute Gasteiger partial charge is 0.481 e. The molecule has 2 fully saturated rings. The van der Waals surface area contributed by atoms with E-state index in [4.69, 9.17) is 5.11 Å². The molecule has 2 aliphatic rings. The maximum absolute atomic E-state index is 13.2. The number of carboxylic acids is 1. The third-order valence-corrected chi connectivity index (χ3v) is 5.24. The van der Waals surface area contributed by atoms with Gasteiger partial charge in [-0.1, -0.05) is 0 Å². The molecule has 0 radical (unpaired) electrons. The Labute approximate surface area is 154 Å². The Balaban J connectivity index is 1.93. The van der Waals surface area contributed by atoms with Gasteiger partial charge in [0.2, 0.25) is 5.95 Å². The Kier molecular flexibility index (Phi) is 4.93. The van der Waals surface area contributed by atoms with Crippen LogP contribution in [0.2, 0.25) is 0 Å². The first kappa shape index (κ1) is 19.6. The number of anilines is 2. The predicted octanol–water partition coefficient (Wildman–Crippen LogP) is 0.377. The van der Waals surface area contributed by atoms with Crippen molar-refractivity contribution >= 4 is 17.7 Å². The van der Waals surface area contributed by atoms with Crippen molar-refractivity contribution in [3.8, 4) is 0 Å². The van der Waals surface area contributed by atoms with Crippen molar-refractivity contribution in [1.82, 2.24) is 14.9 Å². The van der Waals surface area contributed by atoms with Crippen LogP contribution in [0.1, 0.15) is 5.69 Å². The Bertz CT molecular complexity index is 730. The van der Waals surface area contributed by atoms with Crippen LogP contribution in [-0.4, -0.2) is 84.5 Å². The number of hydrogen-bond donors (Lipinski definition) is 2. The van der Waals surface area contributed by atoms with Gasteiger partial charge >= 0.3 is 12.1 Å². The van der Waals surface area contributed by atoms with E-state index in [0.717, 1.165) is 6.07 Å². The second kappa shape index (κ2) is 6.79. The molecule has 2 aliphatic heterocycles. The third-order valence-electron chi connectivity index (χ3n) is 5.24. The number of aliphatic hydroxyl groups is 1. The standard InChI is InChI=1S/C16H22F3N5O3/c1-22(2)14-20-11(16(17,18)19)5-12(21-14)24-7-10-6-23(3-4-25)8-15(10,9-24)13(26)27/h5,10,25H,3-4,6-9H2,1-2H3,(H,26,27)/t10-,15-/m1/s1. The fourth-order valence-electron chi connectivity index (χ4n) is 3.89. The van der Waals surface area contributed by atoms with Crippen molar-refractivity contribution < 1.29 is 28.2 Å². The number of likely N-dealkylation sites (tertiary alicyclic amines) is 1. The van der Waals surface area contributed by atoms with E-state index in [1.807, 2.05) is 4.90 Å². The number of β-amino-alcohol motifs (C(OH)–C–C–N with tert-alkyl or cyclic N) is 1. The lowest BCUT2D eigenvalue weighted by Gasteiger charge is -2.26. The molecule has 0 bridgehead atoms. The maximum Gasteiger partial charge on any atom is 0.433 e. The normalized spacial score (nSPS) is 25.7. The highest BCUT2D eigenvalue weighted by Crippen LogP contribution is 2.44. The van der Waals surface area contributed by atoms with Gasteiger partial charge < -0.3 is 20.0 Å². The molecule has 3 rings (SSSR count). The highest BCUT2D eigenvalue weighted by atomic mass is 19.4. The molecule has 0 aliphatic carbocycles. The molecule has 3 heterocycles. The highest BCUT2D eigenvalue weighted by Gasteiger charge is 2.57. The van der Waals surface area contributed by atoms with Gasteiger partial charge in [-0.25, -0.2) is 4.98 Å². The molecule has 2 saturated heterocycles. The molecule has 11 heteroatoms. The Morgan fingerprint density at radius 3 is 2.56 bits per heavy atom. The zero-order valence-corrected chi connectivity index (χ0v) is 15.1. The fraction of sp³-hybridized carbons (Fsp3) is 0.688. The summed E-state index contributed by atoms with van der Waals surface area (Å²) >= 11 is 0.